The van der Waals surface area contributed by atoms with Gasteiger partial charge in [0.25, 0.3) is 21.5 Å². The van der Waals surface area contributed by atoms with Crippen LogP contribution in [0.4, 0.5) is 0 Å². The van der Waals surface area contributed by atoms with E-state index in [4.69, 9.17) is 0 Å². The van der Waals surface area contributed by atoms with E-state index in [-0.39, 0.29) is 21.7 Å². The van der Waals surface area contributed by atoms with Crippen molar-refractivity contribution in [3.63, 3.8) is 0 Å². The molecule has 162 valence electrons. The molecular formula is C20H20N4O6S. The Bertz CT molecular complexity index is 1300. The van der Waals surface area contributed by atoms with Crippen LogP contribution in [0.3, 0.4) is 0 Å². The molecule has 10 nitrogen and oxygen atoms in total. The van der Waals surface area contributed by atoms with E-state index in [1.54, 1.807) is 24.3 Å². The lowest BCUT2D eigenvalue weighted by molar-refractivity contribution is 0.0600. The third kappa shape index (κ3) is 4.62. The van der Waals surface area contributed by atoms with Gasteiger partial charge in [0.15, 0.2) is 5.69 Å². The first-order chi connectivity index (χ1) is 14.8. The summed E-state index contributed by atoms with van der Waals surface area (Å²) in [4.78, 5) is 38.5. The molecule has 3 aromatic rings. The van der Waals surface area contributed by atoms with Crippen LogP contribution in [0, 0.1) is 0 Å². The Hall–Kier alpha value is -3.57. The fourth-order valence-corrected chi connectivity index (χ4v) is 3.73. The standard InChI is InChI=1S/C20H20N4O6S/c1-3-12-24-19(26)16-7-5-4-6-15(16)17(22-24)18(25)21-23-31(28,29)14-10-8-13(9-11-14)20(27)30-2/h4-11,23H,3,12H2,1-2H3,(H,21,25). The molecule has 2 aromatic carbocycles. The minimum Gasteiger partial charge on any atom is -0.465 e. The van der Waals surface area contributed by atoms with Crippen molar-refractivity contribution < 1.29 is 22.7 Å². The lowest BCUT2D eigenvalue weighted by Gasteiger charge is -2.12. The zero-order chi connectivity index (χ0) is 22.6. The molecular weight excluding hydrogens is 424 g/mol. The summed E-state index contributed by atoms with van der Waals surface area (Å²) in [6.07, 6.45) is 0.626. The SMILES string of the molecule is CCCn1nc(C(=O)NNS(=O)(=O)c2ccc(C(=O)OC)cc2)c2ccccc2c1=O. The number of ether oxygens (including phenoxy) is 1. The third-order valence-electron chi connectivity index (χ3n) is 4.40. The second-order valence-electron chi connectivity index (χ2n) is 6.50. The molecule has 0 radical (unpaired) electrons. The topological polar surface area (TPSA) is 136 Å². The molecule has 2 N–H and O–H groups in total. The molecule has 3 rings (SSSR count). The van der Waals surface area contributed by atoms with E-state index in [9.17, 15) is 22.8 Å². The number of aromatic nitrogens is 2. The van der Waals surface area contributed by atoms with Crippen molar-refractivity contribution in [3.05, 3.63) is 70.1 Å². The predicted octanol–water partition coefficient (Wildman–Crippen LogP) is 1.22. The maximum atomic E-state index is 12.7. The zero-order valence-electron chi connectivity index (χ0n) is 16.8. The number of methoxy groups -OCH3 is 1. The van der Waals surface area contributed by atoms with Crippen molar-refractivity contribution in [2.45, 2.75) is 24.8 Å². The number of aryl methyl sites for hydroxylation is 1. The number of amides is 1. The van der Waals surface area contributed by atoms with Crippen LogP contribution in [0.5, 0.6) is 0 Å². The molecule has 1 amide bonds. The highest BCUT2D eigenvalue weighted by Gasteiger charge is 2.20. The molecule has 0 aliphatic carbocycles. The van der Waals surface area contributed by atoms with Crippen LogP contribution < -0.4 is 15.8 Å². The van der Waals surface area contributed by atoms with Gasteiger partial charge < -0.3 is 4.74 Å². The first-order valence-electron chi connectivity index (χ1n) is 9.29. The first-order valence-corrected chi connectivity index (χ1v) is 10.8. The summed E-state index contributed by atoms with van der Waals surface area (Å²) >= 11 is 0. The molecule has 1 aromatic heterocycles. The van der Waals surface area contributed by atoms with E-state index >= 15 is 0 Å². The van der Waals surface area contributed by atoms with Crippen LogP contribution in [-0.4, -0.2) is 37.2 Å². The Labute approximate surface area is 177 Å². The van der Waals surface area contributed by atoms with E-state index < -0.39 is 21.9 Å². The van der Waals surface area contributed by atoms with Crippen molar-refractivity contribution in [2.24, 2.45) is 0 Å². The normalized spacial score (nSPS) is 11.3. The molecule has 0 aliphatic rings. The average molecular weight is 444 g/mol. The summed E-state index contributed by atoms with van der Waals surface area (Å²) in [6.45, 7) is 2.17. The Kier molecular flexibility index (Phi) is 6.47. The molecule has 0 saturated carbocycles. The van der Waals surface area contributed by atoms with Crippen molar-refractivity contribution >= 4 is 32.7 Å². The van der Waals surface area contributed by atoms with Gasteiger partial charge in [-0.1, -0.05) is 25.1 Å². The summed E-state index contributed by atoms with van der Waals surface area (Å²) in [5, 5.41) is 4.72. The summed E-state index contributed by atoms with van der Waals surface area (Å²) < 4.78 is 30.7. The number of hydrazine groups is 1. The van der Waals surface area contributed by atoms with E-state index in [1.165, 1.54) is 36.1 Å². The van der Waals surface area contributed by atoms with Crippen LogP contribution >= 0.6 is 0 Å². The van der Waals surface area contributed by atoms with Gasteiger partial charge in [0, 0.05) is 11.9 Å². The molecule has 0 saturated heterocycles. The van der Waals surface area contributed by atoms with Gasteiger partial charge in [-0.25, -0.2) is 17.9 Å². The predicted molar refractivity (Wildman–Crippen MR) is 112 cm³/mol. The number of esters is 1. The highest BCUT2D eigenvalue weighted by molar-refractivity contribution is 7.89. The Morgan fingerprint density at radius 2 is 1.71 bits per heavy atom. The Morgan fingerprint density at radius 1 is 1.06 bits per heavy atom. The molecule has 0 atom stereocenters. The Balaban J connectivity index is 1.86. The number of hydrogen-bond acceptors (Lipinski definition) is 7. The highest BCUT2D eigenvalue weighted by Crippen LogP contribution is 2.14. The number of nitrogens with one attached hydrogen (secondary N) is 2. The zero-order valence-corrected chi connectivity index (χ0v) is 17.6. The maximum absolute atomic E-state index is 12.7. The van der Waals surface area contributed by atoms with Gasteiger partial charge in [-0.15, -0.1) is 4.83 Å². The minimum absolute atomic E-state index is 0.0904. The number of rotatable bonds is 7. The number of carbonyl (C=O) groups is 2. The lowest BCUT2D eigenvalue weighted by atomic mass is 10.1. The van der Waals surface area contributed by atoms with Gasteiger partial charge in [-0.3, -0.25) is 15.0 Å². The van der Waals surface area contributed by atoms with Gasteiger partial charge in [-0.2, -0.15) is 5.10 Å². The molecule has 11 heteroatoms. The fourth-order valence-electron chi connectivity index (χ4n) is 2.89. The molecule has 0 fully saturated rings. The highest BCUT2D eigenvalue weighted by atomic mass is 32.2. The number of sulfonamides is 1. The summed E-state index contributed by atoms with van der Waals surface area (Å²) in [7, 11) is -2.91. The largest absolute Gasteiger partial charge is 0.465 e. The van der Waals surface area contributed by atoms with E-state index in [0.717, 1.165) is 0 Å². The van der Waals surface area contributed by atoms with Crippen LogP contribution in [0.1, 0.15) is 34.2 Å². The second kappa shape index (κ2) is 9.06. The summed E-state index contributed by atoms with van der Waals surface area (Å²) in [5.41, 5.74) is 1.88. The third-order valence-corrected chi connectivity index (χ3v) is 5.67. The second-order valence-corrected chi connectivity index (χ2v) is 8.18. The minimum atomic E-state index is -4.12. The molecule has 0 unspecified atom stereocenters. The fraction of sp³-hybridized carbons (Fsp3) is 0.200. The summed E-state index contributed by atoms with van der Waals surface area (Å²) in [6, 6.07) is 11.4. The van der Waals surface area contributed by atoms with Crippen molar-refractivity contribution in [1.82, 2.24) is 20.0 Å². The molecule has 1 heterocycles. The number of carbonyl (C=O) groups excluding carboxylic acids is 2. The van der Waals surface area contributed by atoms with E-state index in [1.807, 2.05) is 11.8 Å². The number of hydrogen-bond donors (Lipinski definition) is 2. The van der Waals surface area contributed by atoms with Gasteiger partial charge in [0.05, 0.1) is 23.0 Å². The van der Waals surface area contributed by atoms with Crippen molar-refractivity contribution in [1.29, 1.82) is 0 Å². The smallest absolute Gasteiger partial charge is 0.337 e. The first kappa shape index (κ1) is 22.1. The van der Waals surface area contributed by atoms with E-state index in [2.05, 4.69) is 15.3 Å². The van der Waals surface area contributed by atoms with Crippen LogP contribution in [0.2, 0.25) is 0 Å². The van der Waals surface area contributed by atoms with Gasteiger partial charge >= 0.3 is 5.97 Å². The Morgan fingerprint density at radius 3 is 2.32 bits per heavy atom. The molecule has 0 aliphatic heterocycles. The van der Waals surface area contributed by atoms with Gasteiger partial charge in [0.1, 0.15) is 0 Å². The molecule has 0 bridgehead atoms. The van der Waals surface area contributed by atoms with Crippen molar-refractivity contribution in [2.75, 3.05) is 7.11 Å². The van der Waals surface area contributed by atoms with E-state index in [0.29, 0.717) is 23.7 Å². The molecule has 31 heavy (non-hydrogen) atoms. The van der Waals surface area contributed by atoms with Gasteiger partial charge in [0.2, 0.25) is 0 Å². The quantitative estimate of drug-likeness (QED) is 0.413. The number of benzene rings is 2. The van der Waals surface area contributed by atoms with Crippen LogP contribution in [0.25, 0.3) is 10.8 Å². The average Bonchev–Trinajstić information content (AvgIpc) is 2.79. The monoisotopic (exact) mass is 444 g/mol. The van der Waals surface area contributed by atoms with Crippen LogP contribution in [-0.2, 0) is 21.3 Å². The lowest BCUT2D eigenvalue weighted by Crippen LogP contribution is -2.42. The van der Waals surface area contributed by atoms with Crippen molar-refractivity contribution in [3.8, 4) is 0 Å². The number of fused-ring (bicyclic) bond motifs is 1. The number of nitrogens with zero attached hydrogens (tertiary/aromatic N) is 2. The molecule has 0 spiro atoms. The van der Waals surface area contributed by atoms with Gasteiger partial charge in [-0.05, 0) is 36.8 Å². The van der Waals surface area contributed by atoms with Crippen LogP contribution in [0.15, 0.2) is 58.2 Å². The summed E-state index contributed by atoms with van der Waals surface area (Å²) in [5.74, 6) is -1.43. The maximum Gasteiger partial charge on any atom is 0.337 e.